The number of carbonyl (C=O) groups excluding carboxylic acids is 1. The smallest absolute Gasteiger partial charge is 0.339 e. The number of hydrogen-bond donors (Lipinski definition) is 3. The van der Waals surface area contributed by atoms with E-state index in [1.165, 1.54) is 23.1 Å². The Morgan fingerprint density at radius 2 is 1.79 bits per heavy atom. The van der Waals surface area contributed by atoms with Crippen molar-refractivity contribution >= 4 is 23.5 Å². The summed E-state index contributed by atoms with van der Waals surface area (Å²) in [6, 6.07) is 13.4. The first-order chi connectivity index (χ1) is 13.9. The van der Waals surface area contributed by atoms with Crippen LogP contribution in [0.2, 0.25) is 0 Å². The molecule has 1 fully saturated rings. The second kappa shape index (κ2) is 7.24. The number of rotatable bonds is 4. The van der Waals surface area contributed by atoms with E-state index in [1.54, 1.807) is 0 Å². The summed E-state index contributed by atoms with van der Waals surface area (Å²) in [7, 11) is 0. The lowest BCUT2D eigenvalue weighted by atomic mass is 9.71. The summed E-state index contributed by atoms with van der Waals surface area (Å²) in [5.74, 6) is -1.88. The molecule has 0 bridgehead atoms. The highest BCUT2D eigenvalue weighted by atomic mass is 16.4. The first-order valence-electron chi connectivity index (χ1n) is 9.77. The minimum absolute atomic E-state index is 0.0192. The average molecular weight is 393 g/mol. The molecule has 1 heterocycles. The maximum Gasteiger partial charge on any atom is 0.339 e. The molecule has 2 aliphatic rings. The van der Waals surface area contributed by atoms with Crippen LogP contribution in [0.4, 0.5) is 5.69 Å². The SMILES string of the molecule is NC1=NC(c2ccccc2)(C2CCCCC2)C(=O)N1c1ccc(O)c(C(=O)O)c1. The molecule has 2 aromatic carbocycles. The van der Waals surface area contributed by atoms with Gasteiger partial charge in [0.2, 0.25) is 5.96 Å². The van der Waals surface area contributed by atoms with E-state index in [2.05, 4.69) is 0 Å². The minimum atomic E-state index is -1.28. The topological polar surface area (TPSA) is 116 Å². The van der Waals surface area contributed by atoms with Crippen LogP contribution in [0.3, 0.4) is 0 Å². The van der Waals surface area contributed by atoms with E-state index < -0.39 is 11.5 Å². The summed E-state index contributed by atoms with van der Waals surface area (Å²) in [6.45, 7) is 0. The molecule has 0 spiro atoms. The van der Waals surface area contributed by atoms with Crippen LogP contribution in [0.15, 0.2) is 53.5 Å². The molecule has 150 valence electrons. The number of anilines is 1. The summed E-state index contributed by atoms with van der Waals surface area (Å²) in [4.78, 5) is 31.2. The van der Waals surface area contributed by atoms with Crippen LogP contribution in [-0.4, -0.2) is 28.0 Å². The van der Waals surface area contributed by atoms with Crippen molar-refractivity contribution in [3.63, 3.8) is 0 Å². The summed E-state index contributed by atoms with van der Waals surface area (Å²) in [5, 5.41) is 19.1. The van der Waals surface area contributed by atoms with E-state index in [0.717, 1.165) is 37.7 Å². The van der Waals surface area contributed by atoms with Gasteiger partial charge in [0.25, 0.3) is 5.91 Å². The third kappa shape index (κ3) is 3.03. The summed E-state index contributed by atoms with van der Waals surface area (Å²) >= 11 is 0. The van der Waals surface area contributed by atoms with Crippen molar-refractivity contribution in [2.45, 2.75) is 37.6 Å². The number of amides is 1. The van der Waals surface area contributed by atoms with Crippen LogP contribution < -0.4 is 10.6 Å². The molecule has 0 aromatic heterocycles. The van der Waals surface area contributed by atoms with Gasteiger partial charge in [-0.15, -0.1) is 0 Å². The Kier molecular flexibility index (Phi) is 4.74. The van der Waals surface area contributed by atoms with Crippen molar-refractivity contribution in [2.24, 2.45) is 16.6 Å². The molecule has 29 heavy (non-hydrogen) atoms. The van der Waals surface area contributed by atoms with Gasteiger partial charge in [-0.2, -0.15) is 0 Å². The van der Waals surface area contributed by atoms with Gasteiger partial charge in [-0.3, -0.25) is 4.79 Å². The summed E-state index contributed by atoms with van der Waals surface area (Å²) < 4.78 is 0. The van der Waals surface area contributed by atoms with Crippen molar-refractivity contribution in [3.05, 3.63) is 59.7 Å². The monoisotopic (exact) mass is 393 g/mol. The highest BCUT2D eigenvalue weighted by Crippen LogP contribution is 2.47. The number of aliphatic imine (C=N–C) groups is 1. The molecular weight excluding hydrogens is 370 g/mol. The van der Waals surface area contributed by atoms with Crippen LogP contribution in [0.25, 0.3) is 0 Å². The van der Waals surface area contributed by atoms with Gasteiger partial charge in [0.05, 0.1) is 5.69 Å². The molecule has 0 radical (unpaired) electrons. The quantitative estimate of drug-likeness (QED) is 0.737. The fourth-order valence-corrected chi connectivity index (χ4v) is 4.54. The van der Waals surface area contributed by atoms with E-state index in [1.807, 2.05) is 30.3 Å². The molecule has 1 atom stereocenters. The Hall–Kier alpha value is -3.35. The molecule has 1 aliphatic carbocycles. The van der Waals surface area contributed by atoms with E-state index >= 15 is 0 Å². The molecule has 7 nitrogen and oxygen atoms in total. The molecule has 1 unspecified atom stereocenters. The maximum absolute atomic E-state index is 13.8. The number of hydrogen-bond acceptors (Lipinski definition) is 5. The Labute approximate surface area is 168 Å². The predicted molar refractivity (Wildman–Crippen MR) is 109 cm³/mol. The molecular formula is C22H23N3O4. The zero-order valence-electron chi connectivity index (χ0n) is 15.9. The van der Waals surface area contributed by atoms with Crippen molar-refractivity contribution in [1.82, 2.24) is 0 Å². The van der Waals surface area contributed by atoms with Crippen LogP contribution in [0.1, 0.15) is 48.0 Å². The number of carbonyl (C=O) groups is 2. The number of aromatic hydroxyl groups is 1. The lowest BCUT2D eigenvalue weighted by molar-refractivity contribution is -0.124. The van der Waals surface area contributed by atoms with Gasteiger partial charge in [0.1, 0.15) is 11.3 Å². The zero-order valence-corrected chi connectivity index (χ0v) is 15.9. The molecule has 0 saturated heterocycles. The van der Waals surface area contributed by atoms with Crippen LogP contribution in [0, 0.1) is 5.92 Å². The van der Waals surface area contributed by atoms with E-state index in [9.17, 15) is 19.8 Å². The number of nitrogens with zero attached hydrogens (tertiary/aromatic N) is 2. The van der Waals surface area contributed by atoms with E-state index in [-0.39, 0.29) is 34.8 Å². The van der Waals surface area contributed by atoms with Gasteiger partial charge < -0.3 is 15.9 Å². The largest absolute Gasteiger partial charge is 0.507 e. The number of carboxylic acid groups (broad SMARTS) is 1. The van der Waals surface area contributed by atoms with E-state index in [0.29, 0.717) is 0 Å². The molecule has 1 aliphatic heterocycles. The lowest BCUT2D eigenvalue weighted by Crippen LogP contribution is -2.47. The van der Waals surface area contributed by atoms with Crippen LogP contribution in [0.5, 0.6) is 5.75 Å². The van der Waals surface area contributed by atoms with Gasteiger partial charge in [0, 0.05) is 0 Å². The standard InChI is InChI=1S/C22H23N3O4/c23-21-24-22(14-7-3-1-4-8-14,15-9-5-2-6-10-15)20(29)25(21)16-11-12-18(26)17(13-16)19(27)28/h1,3-4,7-8,11-13,15,26H,2,5-6,9-10H2,(H2,23,24)(H,27,28). The highest BCUT2D eigenvalue weighted by molar-refractivity contribution is 6.23. The van der Waals surface area contributed by atoms with Crippen molar-refractivity contribution < 1.29 is 19.8 Å². The van der Waals surface area contributed by atoms with Gasteiger partial charge in [-0.05, 0) is 42.5 Å². The third-order valence-electron chi connectivity index (χ3n) is 5.93. The second-order valence-electron chi connectivity index (χ2n) is 7.58. The molecule has 1 saturated carbocycles. The van der Waals surface area contributed by atoms with E-state index in [4.69, 9.17) is 10.7 Å². The Morgan fingerprint density at radius 1 is 1.10 bits per heavy atom. The Balaban J connectivity index is 1.83. The fraction of sp³-hybridized carbons (Fsp3) is 0.318. The minimum Gasteiger partial charge on any atom is -0.507 e. The predicted octanol–water partition coefficient (Wildman–Crippen LogP) is 3.23. The van der Waals surface area contributed by atoms with Crippen molar-refractivity contribution in [2.75, 3.05) is 4.90 Å². The van der Waals surface area contributed by atoms with Gasteiger partial charge >= 0.3 is 5.97 Å². The normalized spacial score (nSPS) is 22.6. The number of carboxylic acids is 1. The number of phenols is 1. The second-order valence-corrected chi connectivity index (χ2v) is 7.58. The first kappa shape index (κ1) is 19.0. The Bertz CT molecular complexity index is 983. The zero-order chi connectivity index (χ0) is 20.6. The number of guanidine groups is 1. The lowest BCUT2D eigenvalue weighted by Gasteiger charge is -2.36. The van der Waals surface area contributed by atoms with Gasteiger partial charge in [-0.1, -0.05) is 49.6 Å². The Morgan fingerprint density at radius 3 is 2.45 bits per heavy atom. The fourth-order valence-electron chi connectivity index (χ4n) is 4.54. The third-order valence-corrected chi connectivity index (χ3v) is 5.93. The van der Waals surface area contributed by atoms with Crippen molar-refractivity contribution in [3.8, 4) is 5.75 Å². The summed E-state index contributed by atoms with van der Waals surface area (Å²) in [5.41, 5.74) is 5.89. The first-order valence-corrected chi connectivity index (χ1v) is 9.77. The number of aromatic carboxylic acids is 1. The molecule has 1 amide bonds. The van der Waals surface area contributed by atoms with Gasteiger partial charge in [-0.25, -0.2) is 14.7 Å². The molecule has 7 heteroatoms. The average Bonchev–Trinajstić information content (AvgIpc) is 3.01. The molecule has 2 aromatic rings. The summed E-state index contributed by atoms with van der Waals surface area (Å²) in [6.07, 6.45) is 4.95. The van der Waals surface area contributed by atoms with Crippen molar-refractivity contribution in [1.29, 1.82) is 0 Å². The van der Waals surface area contributed by atoms with Gasteiger partial charge in [0.15, 0.2) is 5.54 Å². The highest BCUT2D eigenvalue weighted by Gasteiger charge is 2.54. The number of benzene rings is 2. The molecule has 4 rings (SSSR count). The molecule has 4 N–H and O–H groups in total. The van der Waals surface area contributed by atoms with Crippen LogP contribution >= 0.6 is 0 Å². The number of nitrogens with two attached hydrogens (primary N) is 1. The maximum atomic E-state index is 13.8. The van der Waals surface area contributed by atoms with Crippen LogP contribution in [-0.2, 0) is 10.3 Å².